The number of hydrogen-bond donors (Lipinski definition) is 4. The Hall–Kier alpha value is -2.12. The Bertz CT molecular complexity index is 644. The molecule has 1 aromatic heterocycles. The van der Waals surface area contributed by atoms with Gasteiger partial charge in [0.15, 0.2) is 5.69 Å². The van der Waals surface area contributed by atoms with Gasteiger partial charge in [-0.2, -0.15) is 5.10 Å². The van der Waals surface area contributed by atoms with Gasteiger partial charge < -0.3 is 16.4 Å². The lowest BCUT2D eigenvalue weighted by Crippen LogP contribution is -2.31. The SMILES string of the molecule is Cl.NCCCCNC(=O)CCNC(=O)c1n[nH]c2ccccc12. The Kier molecular flexibility index (Phi) is 8.07. The molecule has 0 radical (unpaired) electrons. The van der Waals surface area contributed by atoms with Crippen molar-refractivity contribution < 1.29 is 9.59 Å². The minimum atomic E-state index is -0.284. The minimum Gasteiger partial charge on any atom is -0.356 e. The van der Waals surface area contributed by atoms with Crippen LogP contribution >= 0.6 is 12.4 Å². The first kappa shape index (κ1) is 18.9. The van der Waals surface area contributed by atoms with Crippen LogP contribution in [0.15, 0.2) is 24.3 Å². The average Bonchev–Trinajstić information content (AvgIpc) is 2.95. The number of hydrogen-bond acceptors (Lipinski definition) is 4. The Balaban J connectivity index is 0.00000264. The molecule has 0 saturated heterocycles. The molecule has 0 unspecified atom stereocenters. The van der Waals surface area contributed by atoms with E-state index < -0.39 is 0 Å². The number of para-hydroxylation sites is 1. The van der Waals surface area contributed by atoms with Gasteiger partial charge in [0.25, 0.3) is 5.91 Å². The Morgan fingerprint density at radius 1 is 1.13 bits per heavy atom. The van der Waals surface area contributed by atoms with Crippen LogP contribution in [-0.2, 0) is 4.79 Å². The van der Waals surface area contributed by atoms with E-state index in [-0.39, 0.29) is 37.2 Å². The summed E-state index contributed by atoms with van der Waals surface area (Å²) in [5.74, 6) is -0.363. The molecule has 1 heterocycles. The van der Waals surface area contributed by atoms with E-state index in [0.29, 0.717) is 18.8 Å². The highest BCUT2D eigenvalue weighted by molar-refractivity contribution is 6.04. The molecule has 0 atom stereocenters. The molecule has 0 bridgehead atoms. The van der Waals surface area contributed by atoms with Gasteiger partial charge in [0.2, 0.25) is 5.91 Å². The molecule has 2 amide bonds. The van der Waals surface area contributed by atoms with E-state index in [0.717, 1.165) is 23.7 Å². The predicted molar refractivity (Wildman–Crippen MR) is 91.6 cm³/mol. The Morgan fingerprint density at radius 2 is 1.91 bits per heavy atom. The summed E-state index contributed by atoms with van der Waals surface area (Å²) >= 11 is 0. The summed E-state index contributed by atoms with van der Waals surface area (Å²) < 4.78 is 0. The third kappa shape index (κ3) is 5.54. The van der Waals surface area contributed by atoms with Crippen molar-refractivity contribution in [2.75, 3.05) is 19.6 Å². The molecule has 0 saturated carbocycles. The maximum absolute atomic E-state index is 12.1. The van der Waals surface area contributed by atoms with Crippen molar-refractivity contribution in [2.45, 2.75) is 19.3 Å². The second-order valence-electron chi connectivity index (χ2n) is 4.97. The van der Waals surface area contributed by atoms with Gasteiger partial charge in [-0.05, 0) is 25.5 Å². The monoisotopic (exact) mass is 339 g/mol. The molecule has 0 fully saturated rings. The zero-order valence-corrected chi connectivity index (χ0v) is 13.6. The third-order valence-corrected chi connectivity index (χ3v) is 3.28. The van der Waals surface area contributed by atoms with E-state index >= 15 is 0 Å². The zero-order valence-electron chi connectivity index (χ0n) is 12.8. The van der Waals surface area contributed by atoms with Crippen LogP contribution in [0.4, 0.5) is 0 Å². The van der Waals surface area contributed by atoms with E-state index in [1.807, 2.05) is 24.3 Å². The van der Waals surface area contributed by atoms with E-state index in [4.69, 9.17) is 5.73 Å². The molecule has 2 aromatic rings. The fourth-order valence-corrected chi connectivity index (χ4v) is 2.10. The highest BCUT2D eigenvalue weighted by atomic mass is 35.5. The van der Waals surface area contributed by atoms with Crippen molar-refractivity contribution in [3.05, 3.63) is 30.0 Å². The minimum absolute atomic E-state index is 0. The quantitative estimate of drug-likeness (QED) is 0.536. The van der Waals surface area contributed by atoms with Gasteiger partial charge in [-0.25, -0.2) is 0 Å². The van der Waals surface area contributed by atoms with E-state index in [1.54, 1.807) is 0 Å². The average molecular weight is 340 g/mol. The van der Waals surface area contributed by atoms with Crippen molar-refractivity contribution >= 4 is 35.1 Å². The standard InChI is InChI=1S/C15H21N5O2.ClH/c16-8-3-4-9-17-13(21)7-10-18-15(22)14-11-5-1-2-6-12(11)19-20-14;/h1-2,5-6H,3-4,7-10,16H2,(H,17,21)(H,18,22)(H,19,20);1H. The highest BCUT2D eigenvalue weighted by Gasteiger charge is 2.13. The molecule has 0 aliphatic rings. The lowest BCUT2D eigenvalue weighted by atomic mass is 10.2. The maximum atomic E-state index is 12.1. The Labute approximate surface area is 140 Å². The highest BCUT2D eigenvalue weighted by Crippen LogP contribution is 2.14. The van der Waals surface area contributed by atoms with Crippen LogP contribution in [0.5, 0.6) is 0 Å². The maximum Gasteiger partial charge on any atom is 0.272 e. The van der Waals surface area contributed by atoms with Gasteiger partial charge >= 0.3 is 0 Å². The molecule has 126 valence electrons. The number of nitrogens with two attached hydrogens (primary N) is 1. The van der Waals surface area contributed by atoms with E-state index in [1.165, 1.54) is 0 Å². The van der Waals surface area contributed by atoms with Crippen LogP contribution in [0.1, 0.15) is 29.8 Å². The molecule has 0 aliphatic carbocycles. The van der Waals surface area contributed by atoms with Crippen LogP contribution in [0.3, 0.4) is 0 Å². The molecular formula is C15H22ClN5O2. The summed E-state index contributed by atoms with van der Waals surface area (Å²) in [6.45, 7) is 1.53. The van der Waals surface area contributed by atoms with Crippen LogP contribution in [-0.4, -0.2) is 41.6 Å². The molecule has 0 spiro atoms. The lowest BCUT2D eigenvalue weighted by molar-refractivity contribution is -0.120. The van der Waals surface area contributed by atoms with Gasteiger partial charge in [-0.1, -0.05) is 18.2 Å². The first-order chi connectivity index (χ1) is 10.7. The number of fused-ring (bicyclic) bond motifs is 1. The number of carbonyl (C=O) groups excluding carboxylic acids is 2. The first-order valence-electron chi connectivity index (χ1n) is 7.40. The summed E-state index contributed by atoms with van der Waals surface area (Å²) in [6.07, 6.45) is 2.01. The molecular weight excluding hydrogens is 318 g/mol. The first-order valence-corrected chi connectivity index (χ1v) is 7.40. The van der Waals surface area contributed by atoms with Gasteiger partial charge in [0.05, 0.1) is 5.52 Å². The Morgan fingerprint density at radius 3 is 2.70 bits per heavy atom. The number of rotatable bonds is 8. The molecule has 2 rings (SSSR count). The largest absolute Gasteiger partial charge is 0.356 e. The van der Waals surface area contributed by atoms with Gasteiger partial charge in [0, 0.05) is 24.9 Å². The van der Waals surface area contributed by atoms with Gasteiger partial charge in [-0.3, -0.25) is 14.7 Å². The second-order valence-corrected chi connectivity index (χ2v) is 4.97. The molecule has 5 N–H and O–H groups in total. The summed E-state index contributed by atoms with van der Waals surface area (Å²) in [5, 5.41) is 13.1. The molecule has 7 nitrogen and oxygen atoms in total. The van der Waals surface area contributed by atoms with Crippen molar-refractivity contribution in [1.29, 1.82) is 0 Å². The number of nitrogens with one attached hydrogen (secondary N) is 3. The summed E-state index contributed by atoms with van der Waals surface area (Å²) in [6, 6.07) is 7.41. The summed E-state index contributed by atoms with van der Waals surface area (Å²) in [5.41, 5.74) is 6.53. The normalized spacial score (nSPS) is 10.1. The van der Waals surface area contributed by atoms with Crippen LogP contribution in [0, 0.1) is 0 Å². The van der Waals surface area contributed by atoms with Crippen LogP contribution in [0.25, 0.3) is 10.9 Å². The number of nitrogens with zero attached hydrogens (tertiary/aromatic N) is 1. The van der Waals surface area contributed by atoms with Crippen molar-refractivity contribution in [1.82, 2.24) is 20.8 Å². The topological polar surface area (TPSA) is 113 Å². The number of halogens is 1. The number of amides is 2. The molecule has 1 aromatic carbocycles. The number of carbonyl (C=O) groups is 2. The third-order valence-electron chi connectivity index (χ3n) is 3.28. The molecule has 0 aliphatic heterocycles. The van der Waals surface area contributed by atoms with Crippen molar-refractivity contribution in [3.8, 4) is 0 Å². The van der Waals surface area contributed by atoms with Gasteiger partial charge in [-0.15, -0.1) is 12.4 Å². The van der Waals surface area contributed by atoms with Gasteiger partial charge in [0.1, 0.15) is 0 Å². The number of aromatic amines is 1. The van der Waals surface area contributed by atoms with Crippen LogP contribution < -0.4 is 16.4 Å². The zero-order chi connectivity index (χ0) is 15.8. The smallest absolute Gasteiger partial charge is 0.272 e. The molecule has 23 heavy (non-hydrogen) atoms. The predicted octanol–water partition coefficient (Wildman–Crippen LogP) is 0.960. The summed E-state index contributed by atoms with van der Waals surface area (Å²) in [4.78, 5) is 23.6. The van der Waals surface area contributed by atoms with E-state index in [9.17, 15) is 9.59 Å². The van der Waals surface area contributed by atoms with Crippen LogP contribution in [0.2, 0.25) is 0 Å². The lowest BCUT2D eigenvalue weighted by Gasteiger charge is -2.05. The second kappa shape index (κ2) is 9.81. The number of H-pyrrole nitrogens is 1. The van der Waals surface area contributed by atoms with E-state index in [2.05, 4.69) is 20.8 Å². The number of unbranched alkanes of at least 4 members (excludes halogenated alkanes) is 1. The molecule has 8 heteroatoms. The fraction of sp³-hybridized carbons (Fsp3) is 0.400. The summed E-state index contributed by atoms with van der Waals surface area (Å²) in [7, 11) is 0. The van der Waals surface area contributed by atoms with Crippen molar-refractivity contribution in [3.63, 3.8) is 0 Å². The van der Waals surface area contributed by atoms with Crippen molar-refractivity contribution in [2.24, 2.45) is 5.73 Å². The fourth-order valence-electron chi connectivity index (χ4n) is 2.10. The number of aromatic nitrogens is 2. The number of benzene rings is 1.